The lowest BCUT2D eigenvalue weighted by Gasteiger charge is -2.07. The van der Waals surface area contributed by atoms with Gasteiger partial charge in [-0.05, 0) is 56.3 Å². The van der Waals surface area contributed by atoms with E-state index in [9.17, 15) is 18.8 Å². The van der Waals surface area contributed by atoms with Gasteiger partial charge in [0, 0.05) is 16.1 Å². The van der Waals surface area contributed by atoms with Crippen LogP contribution in [0.5, 0.6) is 0 Å². The minimum absolute atomic E-state index is 0.0145. The van der Waals surface area contributed by atoms with Crippen molar-refractivity contribution in [3.63, 3.8) is 0 Å². The molecule has 0 aliphatic rings. The molecule has 2 heterocycles. The maximum absolute atomic E-state index is 14.5. The monoisotopic (exact) mass is 494 g/mol. The number of aromatic nitrogens is 2. The van der Waals surface area contributed by atoms with E-state index < -0.39 is 23.5 Å². The molecule has 9 heteroatoms. The van der Waals surface area contributed by atoms with E-state index in [1.54, 1.807) is 26.0 Å². The average Bonchev–Trinajstić information content (AvgIpc) is 3.19. The predicted octanol–water partition coefficient (Wildman–Crippen LogP) is 5.38. The molecule has 4 aromatic rings. The second-order valence-corrected chi connectivity index (χ2v) is 7.82. The highest BCUT2D eigenvalue weighted by Gasteiger charge is 2.34. The van der Waals surface area contributed by atoms with Crippen molar-refractivity contribution in [1.82, 2.24) is 9.38 Å². The maximum atomic E-state index is 14.5. The Labute approximate surface area is 205 Å². The molecule has 0 saturated heterocycles. The maximum Gasteiger partial charge on any atom is 0.341 e. The molecule has 7 nitrogen and oxygen atoms in total. The molecule has 0 unspecified atom stereocenters. The smallest absolute Gasteiger partial charge is 0.341 e. The van der Waals surface area contributed by atoms with Crippen LogP contribution >= 0.6 is 11.6 Å². The Morgan fingerprint density at radius 1 is 0.943 bits per heavy atom. The van der Waals surface area contributed by atoms with Crippen LogP contribution in [-0.2, 0) is 9.47 Å². The summed E-state index contributed by atoms with van der Waals surface area (Å²) in [5, 5.41) is 0.426. The van der Waals surface area contributed by atoms with E-state index >= 15 is 0 Å². The summed E-state index contributed by atoms with van der Waals surface area (Å²) in [6, 6.07) is 13.5. The van der Waals surface area contributed by atoms with Crippen LogP contribution in [0.1, 0.15) is 50.6 Å². The standard InChI is InChI=1S/C26H20ClFN2O5/c1-3-34-25(32)21-20-13-19(17-7-5-6-8-18(17)28)29-14-30(20)23(22(21)26(33)35-4-2)24(31)15-9-11-16(27)12-10-15/h5-14H,3-4H2,1-2H3. The van der Waals surface area contributed by atoms with Gasteiger partial charge in [-0.3, -0.25) is 9.20 Å². The number of benzene rings is 2. The van der Waals surface area contributed by atoms with Gasteiger partial charge in [0.05, 0.1) is 24.4 Å². The van der Waals surface area contributed by atoms with Crippen molar-refractivity contribution in [2.45, 2.75) is 13.8 Å². The fourth-order valence-corrected chi connectivity index (χ4v) is 3.87. The van der Waals surface area contributed by atoms with Crippen molar-refractivity contribution < 1.29 is 28.2 Å². The Morgan fingerprint density at radius 3 is 2.20 bits per heavy atom. The number of ether oxygens (including phenoxy) is 2. The first-order valence-electron chi connectivity index (χ1n) is 10.8. The Bertz CT molecular complexity index is 1450. The van der Waals surface area contributed by atoms with Gasteiger partial charge in [0.25, 0.3) is 0 Å². The Kier molecular flexibility index (Phi) is 6.93. The molecular formula is C26H20ClFN2O5. The third-order valence-corrected chi connectivity index (χ3v) is 5.51. The van der Waals surface area contributed by atoms with Crippen LogP contribution in [0.3, 0.4) is 0 Å². The lowest BCUT2D eigenvalue weighted by molar-refractivity contribution is 0.0480. The summed E-state index contributed by atoms with van der Waals surface area (Å²) in [4.78, 5) is 44.0. The molecule has 0 spiro atoms. The Balaban J connectivity index is 2.06. The first-order chi connectivity index (χ1) is 16.9. The number of carbonyl (C=O) groups is 3. The van der Waals surface area contributed by atoms with Crippen LogP contribution in [0.15, 0.2) is 60.9 Å². The highest BCUT2D eigenvalue weighted by molar-refractivity contribution is 6.30. The van der Waals surface area contributed by atoms with Crippen molar-refractivity contribution >= 4 is 34.8 Å². The highest BCUT2D eigenvalue weighted by atomic mass is 35.5. The topological polar surface area (TPSA) is 87.0 Å². The Hall–Kier alpha value is -4.04. The van der Waals surface area contributed by atoms with Gasteiger partial charge in [0.1, 0.15) is 29.0 Å². The Morgan fingerprint density at radius 2 is 1.57 bits per heavy atom. The van der Waals surface area contributed by atoms with Crippen molar-refractivity contribution in [2.24, 2.45) is 0 Å². The summed E-state index contributed by atoms with van der Waals surface area (Å²) in [7, 11) is 0. The number of nitrogens with zero attached hydrogens (tertiary/aromatic N) is 2. The summed E-state index contributed by atoms with van der Waals surface area (Å²) < 4.78 is 26.2. The molecule has 0 aliphatic carbocycles. The zero-order chi connectivity index (χ0) is 25.1. The quantitative estimate of drug-likeness (QED) is 0.253. The average molecular weight is 495 g/mol. The van der Waals surface area contributed by atoms with E-state index in [1.807, 2.05) is 0 Å². The minimum Gasteiger partial charge on any atom is -0.462 e. The molecule has 0 N–H and O–H groups in total. The number of esters is 2. The molecule has 0 radical (unpaired) electrons. The SMILES string of the molecule is CCOC(=O)c1c(C(=O)OCC)c2cc(-c3ccccc3F)ncn2c1C(=O)c1ccc(Cl)cc1. The van der Waals surface area contributed by atoms with E-state index in [0.717, 1.165) is 0 Å². The first kappa shape index (κ1) is 24.1. The number of rotatable bonds is 7. The fraction of sp³-hybridized carbons (Fsp3) is 0.154. The van der Waals surface area contributed by atoms with Crippen LogP contribution in [0.4, 0.5) is 4.39 Å². The summed E-state index contributed by atoms with van der Waals surface area (Å²) in [6.45, 7) is 3.27. The third kappa shape index (κ3) is 4.52. The molecule has 35 heavy (non-hydrogen) atoms. The minimum atomic E-state index is -0.871. The number of carbonyl (C=O) groups excluding carboxylic acids is 3. The van der Waals surface area contributed by atoms with Gasteiger partial charge >= 0.3 is 11.9 Å². The van der Waals surface area contributed by atoms with Gasteiger partial charge in [0.15, 0.2) is 0 Å². The van der Waals surface area contributed by atoms with Crippen molar-refractivity contribution in [3.05, 3.63) is 94.1 Å². The first-order valence-corrected chi connectivity index (χ1v) is 11.2. The lowest BCUT2D eigenvalue weighted by atomic mass is 10.0. The van der Waals surface area contributed by atoms with Crippen LogP contribution in [0.2, 0.25) is 5.02 Å². The van der Waals surface area contributed by atoms with E-state index in [2.05, 4.69) is 4.98 Å². The van der Waals surface area contributed by atoms with Gasteiger partial charge in [0.2, 0.25) is 5.78 Å². The summed E-state index contributed by atoms with van der Waals surface area (Å²) in [6.07, 6.45) is 1.27. The zero-order valence-corrected chi connectivity index (χ0v) is 19.6. The number of fused-ring (bicyclic) bond motifs is 1. The molecule has 0 aliphatic heterocycles. The summed E-state index contributed by atoms with van der Waals surface area (Å²) in [5.74, 6) is -2.77. The molecule has 2 aromatic heterocycles. The van der Waals surface area contributed by atoms with Gasteiger partial charge in [-0.1, -0.05) is 23.7 Å². The molecular weight excluding hydrogens is 475 g/mol. The van der Waals surface area contributed by atoms with Gasteiger partial charge in [-0.25, -0.2) is 19.0 Å². The lowest BCUT2D eigenvalue weighted by Crippen LogP contribution is -2.16. The largest absolute Gasteiger partial charge is 0.462 e. The van der Waals surface area contributed by atoms with Crippen molar-refractivity contribution in [1.29, 1.82) is 0 Å². The van der Waals surface area contributed by atoms with Gasteiger partial charge < -0.3 is 9.47 Å². The molecule has 0 fully saturated rings. The van der Waals surface area contributed by atoms with Crippen LogP contribution in [-0.4, -0.2) is 40.3 Å². The van der Waals surface area contributed by atoms with E-state index in [0.29, 0.717) is 5.02 Å². The summed E-state index contributed by atoms with van der Waals surface area (Å²) >= 11 is 5.96. The molecule has 4 rings (SSSR count). The molecule has 0 amide bonds. The van der Waals surface area contributed by atoms with Crippen molar-refractivity contribution in [2.75, 3.05) is 13.2 Å². The van der Waals surface area contributed by atoms with Crippen LogP contribution in [0.25, 0.3) is 16.8 Å². The van der Waals surface area contributed by atoms with Crippen LogP contribution < -0.4 is 0 Å². The van der Waals surface area contributed by atoms with E-state index in [1.165, 1.54) is 53.2 Å². The van der Waals surface area contributed by atoms with Crippen molar-refractivity contribution in [3.8, 4) is 11.3 Å². The molecule has 0 bridgehead atoms. The number of hydrogen-bond donors (Lipinski definition) is 0. The van der Waals surface area contributed by atoms with Gasteiger partial charge in [-0.15, -0.1) is 0 Å². The van der Waals surface area contributed by atoms with E-state index in [-0.39, 0.29) is 52.4 Å². The fourth-order valence-electron chi connectivity index (χ4n) is 3.75. The zero-order valence-electron chi connectivity index (χ0n) is 18.9. The molecule has 0 saturated carbocycles. The summed E-state index contributed by atoms with van der Waals surface area (Å²) in [5.41, 5.74) is 0.232. The van der Waals surface area contributed by atoms with Gasteiger partial charge in [-0.2, -0.15) is 0 Å². The number of hydrogen-bond acceptors (Lipinski definition) is 6. The predicted molar refractivity (Wildman–Crippen MR) is 127 cm³/mol. The second kappa shape index (κ2) is 10.1. The highest BCUT2D eigenvalue weighted by Crippen LogP contribution is 2.31. The molecule has 2 aromatic carbocycles. The van der Waals surface area contributed by atoms with E-state index in [4.69, 9.17) is 21.1 Å². The normalized spacial score (nSPS) is 10.9. The second-order valence-electron chi connectivity index (χ2n) is 7.38. The third-order valence-electron chi connectivity index (χ3n) is 5.26. The molecule has 0 atom stereocenters. The number of halogens is 2. The van der Waals surface area contributed by atoms with Crippen LogP contribution in [0, 0.1) is 5.82 Å². The number of ketones is 1. The molecule has 178 valence electrons.